The maximum absolute atomic E-state index is 12.4. The molecule has 0 unspecified atom stereocenters. The predicted octanol–water partition coefficient (Wildman–Crippen LogP) is 2.14. The lowest BCUT2D eigenvalue weighted by atomic mass is 10.1. The smallest absolute Gasteiger partial charge is 0.349 e. The van der Waals surface area contributed by atoms with E-state index in [-0.39, 0.29) is 5.56 Å². The summed E-state index contributed by atoms with van der Waals surface area (Å²) in [5.41, 5.74) is -0.350. The van der Waals surface area contributed by atoms with Crippen LogP contribution in [0, 0.1) is 0 Å². The van der Waals surface area contributed by atoms with Gasteiger partial charge in [-0.3, -0.25) is 4.79 Å². The highest BCUT2D eigenvalue weighted by atomic mass is 35.5. The number of aromatic nitrogens is 2. The fourth-order valence-electron chi connectivity index (χ4n) is 2.12. The highest BCUT2D eigenvalue weighted by Gasteiger charge is 2.18. The van der Waals surface area contributed by atoms with E-state index in [9.17, 15) is 9.59 Å². The number of carbonyl (C=O) groups is 1. The Labute approximate surface area is 135 Å². The summed E-state index contributed by atoms with van der Waals surface area (Å²) in [4.78, 5) is 29.7. The molecule has 7 nitrogen and oxygen atoms in total. The Hall–Kier alpha value is -2.67. The number of nitrogens with zero attached hydrogens (tertiary/aromatic N) is 3. The lowest BCUT2D eigenvalue weighted by Crippen LogP contribution is -2.32. The Bertz CT molecular complexity index is 905. The minimum Gasteiger partial charge on any atom is -0.422 e. The molecule has 23 heavy (non-hydrogen) atoms. The minimum atomic E-state index is -0.684. The van der Waals surface area contributed by atoms with Crippen LogP contribution in [0.2, 0.25) is 5.02 Å². The summed E-state index contributed by atoms with van der Waals surface area (Å²) in [6.07, 6.45) is 1.64. The van der Waals surface area contributed by atoms with Crippen LogP contribution in [0.25, 0.3) is 11.0 Å². The SMILES string of the molecule is CN(CCc1ncon1)C(=O)c1cc2cc(Cl)ccc2oc1=O. The van der Waals surface area contributed by atoms with E-state index in [2.05, 4.69) is 14.7 Å². The van der Waals surface area contributed by atoms with Crippen LogP contribution in [0.3, 0.4) is 0 Å². The highest BCUT2D eigenvalue weighted by Crippen LogP contribution is 2.19. The van der Waals surface area contributed by atoms with Crippen molar-refractivity contribution in [2.45, 2.75) is 6.42 Å². The Morgan fingerprint density at radius 3 is 2.91 bits per heavy atom. The standard InChI is InChI=1S/C15H12ClN3O4/c1-19(5-4-13-17-8-22-18-13)14(20)11-7-9-6-10(16)2-3-12(9)23-15(11)21/h2-3,6-8H,4-5H2,1H3. The molecule has 1 amide bonds. The van der Waals surface area contributed by atoms with Crippen molar-refractivity contribution in [1.29, 1.82) is 0 Å². The van der Waals surface area contributed by atoms with E-state index in [0.717, 1.165) is 0 Å². The molecule has 118 valence electrons. The molecule has 0 radical (unpaired) electrons. The molecule has 0 fully saturated rings. The largest absolute Gasteiger partial charge is 0.422 e. The molecule has 8 heteroatoms. The van der Waals surface area contributed by atoms with Crippen LogP contribution < -0.4 is 5.63 Å². The number of rotatable bonds is 4. The Morgan fingerprint density at radius 2 is 2.17 bits per heavy atom. The van der Waals surface area contributed by atoms with Gasteiger partial charge >= 0.3 is 5.63 Å². The first kappa shape index (κ1) is 15.2. The second kappa shape index (κ2) is 6.21. The second-order valence-corrected chi connectivity index (χ2v) is 5.39. The first-order valence-corrected chi connectivity index (χ1v) is 7.16. The summed E-state index contributed by atoms with van der Waals surface area (Å²) in [7, 11) is 1.59. The number of hydrogen-bond donors (Lipinski definition) is 0. The molecule has 0 bridgehead atoms. The molecule has 0 aliphatic heterocycles. The molecule has 0 aliphatic rings. The third kappa shape index (κ3) is 3.24. The van der Waals surface area contributed by atoms with Crippen molar-refractivity contribution in [3.8, 4) is 0 Å². The molecule has 0 spiro atoms. The van der Waals surface area contributed by atoms with Crippen LogP contribution >= 0.6 is 11.6 Å². The first-order chi connectivity index (χ1) is 11.0. The zero-order valence-corrected chi connectivity index (χ0v) is 12.9. The number of likely N-dealkylation sites (N-methyl/N-ethyl adjacent to an activating group) is 1. The summed E-state index contributed by atoms with van der Waals surface area (Å²) in [5, 5.41) is 4.75. The number of carbonyl (C=O) groups excluding carboxylic acids is 1. The van der Waals surface area contributed by atoms with Gasteiger partial charge in [0.15, 0.2) is 5.82 Å². The molecule has 0 atom stereocenters. The van der Waals surface area contributed by atoms with Gasteiger partial charge < -0.3 is 13.8 Å². The summed E-state index contributed by atoms with van der Waals surface area (Å²) in [6, 6.07) is 6.33. The van der Waals surface area contributed by atoms with Gasteiger partial charge in [-0.05, 0) is 24.3 Å². The zero-order valence-electron chi connectivity index (χ0n) is 12.2. The summed E-state index contributed by atoms with van der Waals surface area (Å²) >= 11 is 5.92. The molecule has 0 N–H and O–H groups in total. The minimum absolute atomic E-state index is 0.0459. The molecule has 2 heterocycles. The topological polar surface area (TPSA) is 89.4 Å². The number of halogens is 1. The number of amides is 1. The molecule has 3 rings (SSSR count). The normalized spacial score (nSPS) is 10.9. The second-order valence-electron chi connectivity index (χ2n) is 4.95. The number of hydrogen-bond acceptors (Lipinski definition) is 6. The lowest BCUT2D eigenvalue weighted by molar-refractivity contribution is 0.0792. The molecule has 1 aromatic carbocycles. The van der Waals surface area contributed by atoms with E-state index >= 15 is 0 Å². The average molecular weight is 334 g/mol. The molecule has 2 aromatic heterocycles. The van der Waals surface area contributed by atoms with E-state index in [1.807, 2.05) is 0 Å². The van der Waals surface area contributed by atoms with Crippen molar-refractivity contribution in [2.75, 3.05) is 13.6 Å². The van der Waals surface area contributed by atoms with Crippen molar-refractivity contribution in [2.24, 2.45) is 0 Å². The number of benzene rings is 1. The van der Waals surface area contributed by atoms with Crippen LogP contribution in [0.1, 0.15) is 16.2 Å². The highest BCUT2D eigenvalue weighted by molar-refractivity contribution is 6.31. The summed E-state index contributed by atoms with van der Waals surface area (Å²) < 4.78 is 9.80. The van der Waals surface area contributed by atoms with E-state index < -0.39 is 11.5 Å². The Morgan fingerprint density at radius 1 is 1.35 bits per heavy atom. The molecular formula is C15H12ClN3O4. The summed E-state index contributed by atoms with van der Waals surface area (Å²) in [6.45, 7) is 0.339. The molecule has 3 aromatic rings. The maximum atomic E-state index is 12.4. The first-order valence-electron chi connectivity index (χ1n) is 6.79. The molecule has 0 aliphatic carbocycles. The van der Waals surface area contributed by atoms with E-state index in [1.165, 1.54) is 17.4 Å². The van der Waals surface area contributed by atoms with Gasteiger partial charge in [-0.25, -0.2) is 4.79 Å². The van der Waals surface area contributed by atoms with Crippen LogP contribution in [-0.4, -0.2) is 34.5 Å². The van der Waals surface area contributed by atoms with Gasteiger partial charge in [-0.15, -0.1) is 0 Å². The van der Waals surface area contributed by atoms with Crippen LogP contribution in [-0.2, 0) is 6.42 Å². The van der Waals surface area contributed by atoms with Gasteiger partial charge in [0.25, 0.3) is 5.91 Å². The third-order valence-electron chi connectivity index (χ3n) is 3.35. The summed E-state index contributed by atoms with van der Waals surface area (Å²) in [5.74, 6) is 0.0473. The Balaban J connectivity index is 1.84. The quantitative estimate of drug-likeness (QED) is 0.679. The van der Waals surface area contributed by atoms with Crippen LogP contribution in [0.4, 0.5) is 0 Å². The van der Waals surface area contributed by atoms with Gasteiger partial charge in [0.2, 0.25) is 6.39 Å². The average Bonchev–Trinajstić information content (AvgIpc) is 3.05. The van der Waals surface area contributed by atoms with Crippen molar-refractivity contribution in [3.63, 3.8) is 0 Å². The van der Waals surface area contributed by atoms with E-state index in [4.69, 9.17) is 16.0 Å². The molecule has 0 saturated carbocycles. The van der Waals surface area contributed by atoms with Gasteiger partial charge in [-0.1, -0.05) is 16.8 Å². The van der Waals surface area contributed by atoms with Crippen molar-refractivity contribution in [1.82, 2.24) is 15.0 Å². The van der Waals surface area contributed by atoms with E-state index in [1.54, 1.807) is 25.2 Å². The molecular weight excluding hydrogens is 322 g/mol. The maximum Gasteiger partial charge on any atom is 0.349 e. The fraction of sp³-hybridized carbons (Fsp3) is 0.200. The monoisotopic (exact) mass is 333 g/mol. The lowest BCUT2D eigenvalue weighted by Gasteiger charge is -2.15. The van der Waals surface area contributed by atoms with Gasteiger partial charge in [0.05, 0.1) is 0 Å². The zero-order chi connectivity index (χ0) is 16.4. The molecule has 0 saturated heterocycles. The van der Waals surface area contributed by atoms with Gasteiger partial charge in [0.1, 0.15) is 11.1 Å². The predicted molar refractivity (Wildman–Crippen MR) is 82.5 cm³/mol. The van der Waals surface area contributed by atoms with Crippen LogP contribution in [0.5, 0.6) is 0 Å². The van der Waals surface area contributed by atoms with Crippen molar-refractivity contribution >= 4 is 28.5 Å². The van der Waals surface area contributed by atoms with E-state index in [0.29, 0.717) is 34.8 Å². The van der Waals surface area contributed by atoms with Gasteiger partial charge in [0, 0.05) is 30.4 Å². The van der Waals surface area contributed by atoms with Crippen molar-refractivity contribution in [3.05, 3.63) is 57.5 Å². The Kier molecular flexibility index (Phi) is 4.12. The fourth-order valence-corrected chi connectivity index (χ4v) is 2.30. The van der Waals surface area contributed by atoms with Crippen molar-refractivity contribution < 1.29 is 13.7 Å². The number of fused-ring (bicyclic) bond motifs is 1. The van der Waals surface area contributed by atoms with Gasteiger partial charge in [-0.2, -0.15) is 4.98 Å². The third-order valence-corrected chi connectivity index (χ3v) is 3.58. The van der Waals surface area contributed by atoms with Crippen LogP contribution in [0.15, 0.2) is 44.4 Å².